The molecular formula is C27H36N4O7S. The van der Waals surface area contributed by atoms with Crippen LogP contribution in [0.25, 0.3) is 0 Å². The minimum Gasteiger partial charge on any atom is -0.508 e. The van der Waals surface area contributed by atoms with Gasteiger partial charge in [-0.05, 0) is 55.0 Å². The van der Waals surface area contributed by atoms with E-state index >= 15 is 0 Å². The van der Waals surface area contributed by atoms with E-state index in [1.165, 1.54) is 30.8 Å². The van der Waals surface area contributed by atoms with E-state index in [0.29, 0.717) is 11.3 Å². The number of nitrogens with one attached hydrogen (secondary N) is 3. The Bertz CT molecular complexity index is 1100. The standard InChI is InChI=1S/C27H36N4O7S/c1-16(32)23(27(37)38)31-26(36)22(15-17-6-4-3-5-7-17)30-25(35)21(12-13-39-2)29-24(34)20(28)14-18-8-10-19(33)11-9-18/h3-11,16,20-23,32-33H,12-15,28H2,1-2H3,(H,29,34)(H,30,35)(H,31,36)(H,37,38). The summed E-state index contributed by atoms with van der Waals surface area (Å²) >= 11 is 1.47. The highest BCUT2D eigenvalue weighted by Crippen LogP contribution is 2.12. The summed E-state index contributed by atoms with van der Waals surface area (Å²) in [7, 11) is 0. The van der Waals surface area contributed by atoms with Gasteiger partial charge in [-0.1, -0.05) is 42.5 Å². The Morgan fingerprint density at radius 2 is 1.41 bits per heavy atom. The Morgan fingerprint density at radius 3 is 1.97 bits per heavy atom. The lowest BCUT2D eigenvalue weighted by Crippen LogP contribution is -2.59. The zero-order valence-electron chi connectivity index (χ0n) is 21.9. The average Bonchev–Trinajstić information content (AvgIpc) is 2.90. The van der Waals surface area contributed by atoms with Crippen LogP contribution >= 0.6 is 11.8 Å². The largest absolute Gasteiger partial charge is 0.508 e. The highest BCUT2D eigenvalue weighted by molar-refractivity contribution is 7.98. The number of phenols is 1. The van der Waals surface area contributed by atoms with Crippen LogP contribution in [0.1, 0.15) is 24.5 Å². The molecule has 0 heterocycles. The molecule has 0 aliphatic heterocycles. The Labute approximate surface area is 231 Å². The summed E-state index contributed by atoms with van der Waals surface area (Å²) in [6.07, 6.45) is 0.964. The average molecular weight is 561 g/mol. The number of carboxylic acids is 1. The van der Waals surface area contributed by atoms with Gasteiger partial charge in [0.1, 0.15) is 17.8 Å². The van der Waals surface area contributed by atoms with Gasteiger partial charge in [0.25, 0.3) is 0 Å². The van der Waals surface area contributed by atoms with Crippen molar-refractivity contribution < 1.29 is 34.5 Å². The second-order valence-electron chi connectivity index (χ2n) is 9.14. The van der Waals surface area contributed by atoms with Crippen molar-refractivity contribution in [3.05, 3.63) is 65.7 Å². The smallest absolute Gasteiger partial charge is 0.328 e. The number of rotatable bonds is 15. The molecule has 2 aromatic carbocycles. The zero-order valence-corrected chi connectivity index (χ0v) is 22.7. The van der Waals surface area contributed by atoms with E-state index in [9.17, 15) is 34.5 Å². The van der Waals surface area contributed by atoms with E-state index in [-0.39, 0.29) is 25.0 Å². The van der Waals surface area contributed by atoms with Gasteiger partial charge in [-0.3, -0.25) is 14.4 Å². The predicted octanol–water partition coefficient (Wildman–Crippen LogP) is 0.178. The number of aliphatic hydroxyl groups excluding tert-OH is 1. The van der Waals surface area contributed by atoms with Crippen molar-refractivity contribution in [2.24, 2.45) is 5.73 Å². The molecule has 0 aliphatic carbocycles. The number of aliphatic carboxylic acids is 1. The molecule has 212 valence electrons. The highest BCUT2D eigenvalue weighted by Gasteiger charge is 2.32. The van der Waals surface area contributed by atoms with Crippen LogP contribution in [0.5, 0.6) is 5.75 Å². The molecule has 2 aromatic rings. The van der Waals surface area contributed by atoms with Gasteiger partial charge in [-0.2, -0.15) is 11.8 Å². The maximum atomic E-state index is 13.3. The summed E-state index contributed by atoms with van der Waals surface area (Å²) in [6.45, 7) is 1.24. The van der Waals surface area contributed by atoms with E-state index in [2.05, 4.69) is 16.0 Å². The number of carbonyl (C=O) groups is 4. The number of phenolic OH excluding ortho intramolecular Hbond substituents is 1. The first-order valence-electron chi connectivity index (χ1n) is 12.4. The number of aliphatic hydroxyl groups is 1. The molecule has 5 atom stereocenters. The van der Waals surface area contributed by atoms with E-state index < -0.39 is 54.0 Å². The van der Waals surface area contributed by atoms with Crippen molar-refractivity contribution in [3.8, 4) is 5.75 Å². The molecular weight excluding hydrogens is 524 g/mol. The molecule has 0 spiro atoms. The number of nitrogens with two attached hydrogens (primary N) is 1. The summed E-state index contributed by atoms with van der Waals surface area (Å²) in [6, 6.07) is 10.4. The van der Waals surface area contributed by atoms with Crippen LogP contribution in [0.2, 0.25) is 0 Å². The number of aromatic hydroxyl groups is 1. The molecule has 2 rings (SSSR count). The quantitative estimate of drug-likeness (QED) is 0.159. The van der Waals surface area contributed by atoms with Crippen molar-refractivity contribution in [2.45, 2.75) is 56.5 Å². The summed E-state index contributed by atoms with van der Waals surface area (Å²) in [5, 5.41) is 36.2. The minimum atomic E-state index is -1.57. The third kappa shape index (κ3) is 10.6. The molecule has 0 aromatic heterocycles. The summed E-state index contributed by atoms with van der Waals surface area (Å²) in [4.78, 5) is 50.7. The molecule has 8 N–H and O–H groups in total. The van der Waals surface area contributed by atoms with E-state index in [1.54, 1.807) is 42.5 Å². The maximum absolute atomic E-state index is 13.3. The van der Waals surface area contributed by atoms with Crippen molar-refractivity contribution >= 4 is 35.5 Å². The van der Waals surface area contributed by atoms with Crippen LogP contribution in [-0.2, 0) is 32.0 Å². The Balaban J connectivity index is 2.18. The second kappa shape index (κ2) is 15.7. The molecule has 0 saturated heterocycles. The molecule has 0 bridgehead atoms. The lowest BCUT2D eigenvalue weighted by atomic mass is 10.0. The van der Waals surface area contributed by atoms with Gasteiger partial charge in [-0.25, -0.2) is 4.79 Å². The fraction of sp³-hybridized carbons (Fsp3) is 0.407. The van der Waals surface area contributed by atoms with Crippen molar-refractivity contribution in [3.63, 3.8) is 0 Å². The number of carbonyl (C=O) groups excluding carboxylic acids is 3. The van der Waals surface area contributed by atoms with Gasteiger partial charge >= 0.3 is 5.97 Å². The monoisotopic (exact) mass is 560 g/mol. The van der Waals surface area contributed by atoms with E-state index in [0.717, 1.165) is 5.56 Å². The molecule has 3 amide bonds. The normalized spacial score (nSPS) is 14.8. The minimum absolute atomic E-state index is 0.0497. The molecule has 0 fully saturated rings. The van der Waals surface area contributed by atoms with Crippen molar-refractivity contribution in [1.82, 2.24) is 16.0 Å². The fourth-order valence-electron chi connectivity index (χ4n) is 3.74. The van der Waals surface area contributed by atoms with Gasteiger partial charge in [0.15, 0.2) is 6.04 Å². The first kappa shape index (κ1) is 31.6. The molecule has 0 radical (unpaired) electrons. The number of hydrogen-bond acceptors (Lipinski definition) is 8. The maximum Gasteiger partial charge on any atom is 0.328 e. The number of thioether (sulfide) groups is 1. The van der Waals surface area contributed by atoms with Crippen molar-refractivity contribution in [1.29, 1.82) is 0 Å². The van der Waals surface area contributed by atoms with Crippen molar-refractivity contribution in [2.75, 3.05) is 12.0 Å². The van der Waals surface area contributed by atoms with Gasteiger partial charge in [0.2, 0.25) is 17.7 Å². The topological polar surface area (TPSA) is 191 Å². The third-order valence-corrected chi connectivity index (χ3v) is 6.58. The van der Waals surface area contributed by atoms with Crippen LogP contribution in [0.15, 0.2) is 54.6 Å². The van der Waals surface area contributed by atoms with Gasteiger partial charge < -0.3 is 37.0 Å². The van der Waals surface area contributed by atoms with Gasteiger partial charge in [-0.15, -0.1) is 0 Å². The third-order valence-electron chi connectivity index (χ3n) is 5.93. The SMILES string of the molecule is CSCCC(NC(=O)C(N)Cc1ccc(O)cc1)C(=O)NC(Cc1ccccc1)C(=O)NC(C(=O)O)C(C)O. The molecule has 5 unspecified atom stereocenters. The molecule has 12 heteroatoms. The van der Waals surface area contributed by atoms with Crippen LogP contribution in [-0.4, -0.2) is 81.3 Å². The summed E-state index contributed by atoms with van der Waals surface area (Å²) < 4.78 is 0. The number of hydrogen-bond donors (Lipinski definition) is 7. The number of benzene rings is 2. The predicted molar refractivity (Wildman–Crippen MR) is 148 cm³/mol. The van der Waals surface area contributed by atoms with Crippen LogP contribution in [0.3, 0.4) is 0 Å². The number of carboxylic acid groups (broad SMARTS) is 1. The first-order chi connectivity index (χ1) is 18.5. The molecule has 11 nitrogen and oxygen atoms in total. The van der Waals surface area contributed by atoms with E-state index in [1.807, 2.05) is 6.26 Å². The van der Waals surface area contributed by atoms with E-state index in [4.69, 9.17) is 5.73 Å². The Hall–Kier alpha value is -3.61. The van der Waals surface area contributed by atoms with Crippen LogP contribution in [0, 0.1) is 0 Å². The molecule has 0 aliphatic rings. The summed E-state index contributed by atoms with van der Waals surface area (Å²) in [5.41, 5.74) is 7.51. The Kier molecular flexibility index (Phi) is 12.7. The Morgan fingerprint density at radius 1 is 0.846 bits per heavy atom. The highest BCUT2D eigenvalue weighted by atomic mass is 32.2. The fourth-order valence-corrected chi connectivity index (χ4v) is 4.21. The van der Waals surface area contributed by atoms with Gasteiger partial charge in [0, 0.05) is 6.42 Å². The molecule has 0 saturated carbocycles. The molecule has 39 heavy (non-hydrogen) atoms. The lowest BCUT2D eigenvalue weighted by Gasteiger charge is -2.26. The second-order valence-corrected chi connectivity index (χ2v) is 10.1. The lowest BCUT2D eigenvalue weighted by molar-refractivity contribution is -0.145. The van der Waals surface area contributed by atoms with Crippen LogP contribution in [0.4, 0.5) is 0 Å². The number of amides is 3. The van der Waals surface area contributed by atoms with Gasteiger partial charge in [0.05, 0.1) is 12.1 Å². The van der Waals surface area contributed by atoms with Crippen LogP contribution < -0.4 is 21.7 Å². The summed E-state index contributed by atoms with van der Waals surface area (Å²) in [5.74, 6) is -2.79. The zero-order chi connectivity index (χ0) is 28.9. The first-order valence-corrected chi connectivity index (χ1v) is 13.8.